The van der Waals surface area contributed by atoms with Crippen molar-refractivity contribution in [3.63, 3.8) is 0 Å². The van der Waals surface area contributed by atoms with Crippen LogP contribution < -0.4 is 5.32 Å². The standard InChI is InChI=1S/C14H17N3/c1-12(14-6-2-3-9-17-14)16-10-7-13-5-4-8-15-11-13/h2-6,8-9,11-12,16H,7,10H2,1H3. The molecule has 0 radical (unpaired) electrons. The van der Waals surface area contributed by atoms with E-state index in [9.17, 15) is 0 Å². The van der Waals surface area contributed by atoms with Crippen LogP contribution in [0.1, 0.15) is 24.2 Å². The van der Waals surface area contributed by atoms with Crippen molar-refractivity contribution in [3.05, 3.63) is 60.2 Å². The Bertz CT molecular complexity index is 428. The molecular formula is C14H17N3. The van der Waals surface area contributed by atoms with Gasteiger partial charge in [-0.2, -0.15) is 0 Å². The quantitative estimate of drug-likeness (QED) is 0.852. The average Bonchev–Trinajstić information content (AvgIpc) is 2.41. The molecule has 88 valence electrons. The van der Waals surface area contributed by atoms with Crippen LogP contribution in [0.15, 0.2) is 48.9 Å². The van der Waals surface area contributed by atoms with E-state index >= 15 is 0 Å². The summed E-state index contributed by atoms with van der Waals surface area (Å²) in [6, 6.07) is 10.3. The smallest absolute Gasteiger partial charge is 0.0570 e. The van der Waals surface area contributed by atoms with Gasteiger partial charge in [0, 0.05) is 24.6 Å². The van der Waals surface area contributed by atoms with Gasteiger partial charge < -0.3 is 5.32 Å². The lowest BCUT2D eigenvalue weighted by molar-refractivity contribution is 0.564. The molecule has 0 spiro atoms. The molecule has 2 heterocycles. The van der Waals surface area contributed by atoms with Crippen molar-refractivity contribution in [2.24, 2.45) is 0 Å². The molecule has 0 saturated heterocycles. The Morgan fingerprint density at radius 2 is 2.12 bits per heavy atom. The minimum atomic E-state index is 0.285. The molecule has 1 N–H and O–H groups in total. The highest BCUT2D eigenvalue weighted by Crippen LogP contribution is 2.07. The second kappa shape index (κ2) is 6.11. The van der Waals surface area contributed by atoms with Crippen molar-refractivity contribution in [3.8, 4) is 0 Å². The van der Waals surface area contributed by atoms with Crippen LogP contribution in [-0.4, -0.2) is 16.5 Å². The van der Waals surface area contributed by atoms with Crippen molar-refractivity contribution in [1.82, 2.24) is 15.3 Å². The highest BCUT2D eigenvalue weighted by Gasteiger charge is 2.04. The molecular weight excluding hydrogens is 210 g/mol. The van der Waals surface area contributed by atoms with Gasteiger partial charge in [0.15, 0.2) is 0 Å². The number of hydrogen-bond donors (Lipinski definition) is 1. The Morgan fingerprint density at radius 1 is 1.18 bits per heavy atom. The van der Waals surface area contributed by atoms with Gasteiger partial charge in [-0.25, -0.2) is 0 Å². The predicted molar refractivity (Wildman–Crippen MR) is 68.6 cm³/mol. The normalized spacial score (nSPS) is 12.3. The molecule has 0 fully saturated rings. The van der Waals surface area contributed by atoms with Gasteiger partial charge in [-0.15, -0.1) is 0 Å². The molecule has 2 aromatic heterocycles. The summed E-state index contributed by atoms with van der Waals surface area (Å²) in [6.45, 7) is 3.06. The minimum absolute atomic E-state index is 0.285. The fourth-order valence-electron chi connectivity index (χ4n) is 1.72. The molecule has 0 aliphatic rings. The van der Waals surface area contributed by atoms with Crippen molar-refractivity contribution in [2.45, 2.75) is 19.4 Å². The van der Waals surface area contributed by atoms with E-state index in [1.165, 1.54) is 5.56 Å². The summed E-state index contributed by atoms with van der Waals surface area (Å²) in [7, 11) is 0. The monoisotopic (exact) mass is 227 g/mol. The van der Waals surface area contributed by atoms with Crippen LogP contribution in [0.25, 0.3) is 0 Å². The van der Waals surface area contributed by atoms with Crippen LogP contribution >= 0.6 is 0 Å². The predicted octanol–water partition coefficient (Wildman–Crippen LogP) is 2.37. The Morgan fingerprint density at radius 3 is 2.82 bits per heavy atom. The van der Waals surface area contributed by atoms with Crippen LogP contribution in [0.4, 0.5) is 0 Å². The zero-order valence-electron chi connectivity index (χ0n) is 10.0. The molecule has 0 aliphatic heterocycles. The third-order valence-corrected chi connectivity index (χ3v) is 2.72. The summed E-state index contributed by atoms with van der Waals surface area (Å²) >= 11 is 0. The summed E-state index contributed by atoms with van der Waals surface area (Å²) in [5, 5.41) is 3.46. The molecule has 0 amide bonds. The number of hydrogen-bond acceptors (Lipinski definition) is 3. The number of rotatable bonds is 5. The molecule has 3 heteroatoms. The molecule has 0 aliphatic carbocycles. The van der Waals surface area contributed by atoms with Crippen molar-refractivity contribution in [1.29, 1.82) is 0 Å². The topological polar surface area (TPSA) is 37.8 Å². The van der Waals surface area contributed by atoms with Crippen molar-refractivity contribution >= 4 is 0 Å². The number of nitrogens with zero attached hydrogens (tertiary/aromatic N) is 2. The van der Waals surface area contributed by atoms with E-state index in [2.05, 4.69) is 28.3 Å². The Hall–Kier alpha value is -1.74. The first kappa shape index (κ1) is 11.7. The number of pyridine rings is 2. The van der Waals surface area contributed by atoms with E-state index in [0.717, 1.165) is 18.7 Å². The van der Waals surface area contributed by atoms with Crippen LogP contribution in [0.3, 0.4) is 0 Å². The maximum atomic E-state index is 4.33. The van der Waals surface area contributed by atoms with E-state index in [1.807, 2.05) is 36.7 Å². The van der Waals surface area contributed by atoms with Crippen molar-refractivity contribution < 1.29 is 0 Å². The summed E-state index contributed by atoms with van der Waals surface area (Å²) in [5.41, 5.74) is 2.34. The Labute approximate surface area is 102 Å². The van der Waals surface area contributed by atoms with Gasteiger partial charge >= 0.3 is 0 Å². The summed E-state index contributed by atoms with van der Waals surface area (Å²) < 4.78 is 0. The SMILES string of the molecule is CC(NCCc1cccnc1)c1ccccn1. The van der Waals surface area contributed by atoms with Gasteiger partial charge in [-0.05, 0) is 43.7 Å². The van der Waals surface area contributed by atoms with Crippen LogP contribution in [-0.2, 0) is 6.42 Å². The second-order valence-electron chi connectivity index (χ2n) is 4.04. The Balaban J connectivity index is 1.79. The van der Waals surface area contributed by atoms with Gasteiger partial charge in [0.2, 0.25) is 0 Å². The first-order valence-electron chi connectivity index (χ1n) is 5.89. The van der Waals surface area contributed by atoms with E-state index in [0.29, 0.717) is 0 Å². The number of nitrogens with one attached hydrogen (secondary N) is 1. The molecule has 0 bridgehead atoms. The fraction of sp³-hybridized carbons (Fsp3) is 0.286. The van der Waals surface area contributed by atoms with Crippen molar-refractivity contribution in [2.75, 3.05) is 6.54 Å². The molecule has 2 rings (SSSR count). The maximum absolute atomic E-state index is 4.33. The van der Waals surface area contributed by atoms with Crippen LogP contribution in [0.2, 0.25) is 0 Å². The lowest BCUT2D eigenvalue weighted by Gasteiger charge is -2.12. The molecule has 17 heavy (non-hydrogen) atoms. The highest BCUT2D eigenvalue weighted by molar-refractivity contribution is 5.10. The van der Waals surface area contributed by atoms with Gasteiger partial charge in [-0.3, -0.25) is 9.97 Å². The number of aromatic nitrogens is 2. The molecule has 0 aromatic carbocycles. The zero-order valence-corrected chi connectivity index (χ0v) is 10.0. The summed E-state index contributed by atoms with van der Waals surface area (Å²) in [5.74, 6) is 0. The van der Waals surface area contributed by atoms with E-state index in [1.54, 1.807) is 6.20 Å². The second-order valence-corrected chi connectivity index (χ2v) is 4.04. The van der Waals surface area contributed by atoms with Gasteiger partial charge in [0.25, 0.3) is 0 Å². The van der Waals surface area contributed by atoms with Crippen LogP contribution in [0.5, 0.6) is 0 Å². The average molecular weight is 227 g/mol. The largest absolute Gasteiger partial charge is 0.309 e. The van der Waals surface area contributed by atoms with Gasteiger partial charge in [-0.1, -0.05) is 12.1 Å². The fourth-order valence-corrected chi connectivity index (χ4v) is 1.72. The third-order valence-electron chi connectivity index (χ3n) is 2.72. The molecule has 3 nitrogen and oxygen atoms in total. The lowest BCUT2D eigenvalue weighted by Crippen LogP contribution is -2.22. The van der Waals surface area contributed by atoms with Gasteiger partial charge in [0.05, 0.1) is 5.69 Å². The first-order valence-corrected chi connectivity index (χ1v) is 5.89. The minimum Gasteiger partial charge on any atom is -0.309 e. The van der Waals surface area contributed by atoms with Gasteiger partial charge in [0.1, 0.15) is 0 Å². The first-order chi connectivity index (χ1) is 8.36. The summed E-state index contributed by atoms with van der Waals surface area (Å²) in [4.78, 5) is 8.43. The molecule has 1 atom stereocenters. The highest BCUT2D eigenvalue weighted by atomic mass is 14.9. The molecule has 2 aromatic rings. The molecule has 1 unspecified atom stereocenters. The van der Waals surface area contributed by atoms with E-state index < -0.39 is 0 Å². The molecule has 0 saturated carbocycles. The maximum Gasteiger partial charge on any atom is 0.0570 e. The lowest BCUT2D eigenvalue weighted by atomic mass is 10.2. The van der Waals surface area contributed by atoms with Crippen LogP contribution in [0, 0.1) is 0 Å². The summed E-state index contributed by atoms with van der Waals surface area (Å²) in [6.07, 6.45) is 6.53. The third kappa shape index (κ3) is 3.64. The zero-order chi connectivity index (χ0) is 11.9. The van der Waals surface area contributed by atoms with E-state index in [-0.39, 0.29) is 6.04 Å². The van der Waals surface area contributed by atoms with E-state index in [4.69, 9.17) is 0 Å². The Kier molecular flexibility index (Phi) is 4.22.